The lowest BCUT2D eigenvalue weighted by molar-refractivity contribution is 0.145. The Morgan fingerprint density at radius 1 is 1.07 bits per heavy atom. The minimum atomic E-state index is -0.0906. The van der Waals surface area contributed by atoms with Gasteiger partial charge >= 0.3 is 0 Å². The number of benzene rings is 1. The van der Waals surface area contributed by atoms with Crippen molar-refractivity contribution in [2.75, 3.05) is 18.0 Å². The summed E-state index contributed by atoms with van der Waals surface area (Å²) in [5, 5.41) is 9.46. The Labute approximate surface area is 91.5 Å². The first-order valence-electron chi connectivity index (χ1n) is 5.66. The predicted molar refractivity (Wildman–Crippen MR) is 63.4 cm³/mol. The molecule has 1 aliphatic heterocycles. The van der Waals surface area contributed by atoms with Crippen molar-refractivity contribution in [1.82, 2.24) is 0 Å². The van der Waals surface area contributed by atoms with E-state index in [0.29, 0.717) is 0 Å². The topological polar surface area (TPSA) is 23.5 Å². The van der Waals surface area contributed by atoms with Gasteiger partial charge in [-0.05, 0) is 49.9 Å². The molecule has 2 rings (SSSR count). The monoisotopic (exact) mass is 205 g/mol. The van der Waals surface area contributed by atoms with Crippen molar-refractivity contribution in [3.05, 3.63) is 29.3 Å². The molecule has 15 heavy (non-hydrogen) atoms. The molecule has 0 aliphatic carbocycles. The van der Waals surface area contributed by atoms with E-state index >= 15 is 0 Å². The lowest BCUT2D eigenvalue weighted by atomic mass is 10.1. The second kappa shape index (κ2) is 4.23. The van der Waals surface area contributed by atoms with Gasteiger partial charge in [0.15, 0.2) is 0 Å². The minimum absolute atomic E-state index is 0.0906. The molecule has 1 aliphatic rings. The van der Waals surface area contributed by atoms with Crippen LogP contribution in [-0.2, 0) is 0 Å². The number of anilines is 1. The predicted octanol–water partition coefficient (Wildman–Crippen LogP) is 2.26. The van der Waals surface area contributed by atoms with Gasteiger partial charge in [0.2, 0.25) is 0 Å². The van der Waals surface area contributed by atoms with E-state index < -0.39 is 0 Å². The first-order valence-corrected chi connectivity index (χ1v) is 5.66. The van der Waals surface area contributed by atoms with Gasteiger partial charge < -0.3 is 10.0 Å². The summed E-state index contributed by atoms with van der Waals surface area (Å²) in [4.78, 5) is 2.37. The number of aryl methyl sites for hydroxylation is 2. The van der Waals surface area contributed by atoms with Gasteiger partial charge in [0.25, 0.3) is 0 Å². The van der Waals surface area contributed by atoms with Gasteiger partial charge in [-0.15, -0.1) is 0 Å². The zero-order valence-corrected chi connectivity index (χ0v) is 9.53. The first-order chi connectivity index (χ1) is 7.15. The number of hydrogen-bond donors (Lipinski definition) is 1. The van der Waals surface area contributed by atoms with Crippen LogP contribution in [0.4, 0.5) is 5.69 Å². The second-order valence-corrected chi connectivity index (χ2v) is 4.56. The molecule has 1 saturated heterocycles. The molecule has 0 spiro atoms. The molecule has 1 aromatic carbocycles. The van der Waals surface area contributed by atoms with E-state index in [1.165, 1.54) is 16.8 Å². The molecule has 1 aromatic rings. The molecule has 1 N–H and O–H groups in total. The van der Waals surface area contributed by atoms with Crippen LogP contribution >= 0.6 is 0 Å². The summed E-state index contributed by atoms with van der Waals surface area (Å²) in [5.41, 5.74) is 3.94. The van der Waals surface area contributed by atoms with Crippen LogP contribution < -0.4 is 4.90 Å². The highest BCUT2D eigenvalue weighted by molar-refractivity contribution is 5.51. The standard InChI is InChI=1S/C13H19NO/c1-10-7-11(2)9-12(8-10)14-5-3-13(15)4-6-14/h7-9,13,15H,3-6H2,1-2H3. The molecule has 2 heteroatoms. The van der Waals surface area contributed by atoms with Crippen molar-refractivity contribution in [2.45, 2.75) is 32.8 Å². The van der Waals surface area contributed by atoms with Gasteiger partial charge in [-0.2, -0.15) is 0 Å². The molecule has 2 nitrogen and oxygen atoms in total. The van der Waals surface area contributed by atoms with Crippen molar-refractivity contribution >= 4 is 5.69 Å². The molecule has 0 aromatic heterocycles. The maximum atomic E-state index is 9.46. The van der Waals surface area contributed by atoms with E-state index in [4.69, 9.17) is 0 Å². The lowest BCUT2D eigenvalue weighted by Gasteiger charge is -2.31. The van der Waals surface area contributed by atoms with E-state index in [-0.39, 0.29) is 6.10 Å². The fourth-order valence-corrected chi connectivity index (χ4v) is 2.26. The molecular formula is C13H19NO. The van der Waals surface area contributed by atoms with Crippen molar-refractivity contribution < 1.29 is 5.11 Å². The minimum Gasteiger partial charge on any atom is -0.393 e. The number of piperidine rings is 1. The van der Waals surface area contributed by atoms with E-state index in [2.05, 4.69) is 36.9 Å². The maximum absolute atomic E-state index is 9.46. The second-order valence-electron chi connectivity index (χ2n) is 4.56. The van der Waals surface area contributed by atoms with E-state index in [1.807, 2.05) is 0 Å². The highest BCUT2D eigenvalue weighted by Crippen LogP contribution is 2.22. The molecule has 82 valence electrons. The number of hydrogen-bond acceptors (Lipinski definition) is 2. The molecule has 0 unspecified atom stereocenters. The average molecular weight is 205 g/mol. The van der Waals surface area contributed by atoms with Crippen LogP contribution in [0.25, 0.3) is 0 Å². The van der Waals surface area contributed by atoms with E-state index in [9.17, 15) is 5.11 Å². The Morgan fingerprint density at radius 2 is 1.60 bits per heavy atom. The van der Waals surface area contributed by atoms with Crippen LogP contribution in [0.2, 0.25) is 0 Å². The smallest absolute Gasteiger partial charge is 0.0574 e. The zero-order chi connectivity index (χ0) is 10.8. The maximum Gasteiger partial charge on any atom is 0.0574 e. The van der Waals surface area contributed by atoms with Crippen LogP contribution in [0.1, 0.15) is 24.0 Å². The third kappa shape index (κ3) is 2.51. The number of rotatable bonds is 1. The third-order valence-corrected chi connectivity index (χ3v) is 3.04. The van der Waals surface area contributed by atoms with Crippen molar-refractivity contribution in [1.29, 1.82) is 0 Å². The molecule has 0 bridgehead atoms. The van der Waals surface area contributed by atoms with Gasteiger partial charge in [0.1, 0.15) is 0 Å². The normalized spacial score (nSPS) is 18.2. The summed E-state index contributed by atoms with van der Waals surface area (Å²) in [6, 6.07) is 6.65. The van der Waals surface area contributed by atoms with Crippen LogP contribution in [-0.4, -0.2) is 24.3 Å². The summed E-state index contributed by atoms with van der Waals surface area (Å²) in [5.74, 6) is 0. The number of aliphatic hydroxyl groups is 1. The van der Waals surface area contributed by atoms with Gasteiger partial charge in [-0.3, -0.25) is 0 Å². The highest BCUT2D eigenvalue weighted by atomic mass is 16.3. The van der Waals surface area contributed by atoms with E-state index in [0.717, 1.165) is 25.9 Å². The quantitative estimate of drug-likeness (QED) is 0.760. The number of nitrogens with zero attached hydrogens (tertiary/aromatic N) is 1. The summed E-state index contributed by atoms with van der Waals surface area (Å²) in [7, 11) is 0. The SMILES string of the molecule is Cc1cc(C)cc(N2CCC(O)CC2)c1. The van der Waals surface area contributed by atoms with Gasteiger partial charge in [-0.25, -0.2) is 0 Å². The summed E-state index contributed by atoms with van der Waals surface area (Å²) in [6.07, 6.45) is 1.70. The summed E-state index contributed by atoms with van der Waals surface area (Å²) < 4.78 is 0. The molecule has 0 saturated carbocycles. The van der Waals surface area contributed by atoms with Crippen LogP contribution in [0.3, 0.4) is 0 Å². The Bertz CT molecular complexity index is 320. The summed E-state index contributed by atoms with van der Waals surface area (Å²) >= 11 is 0. The lowest BCUT2D eigenvalue weighted by Crippen LogP contribution is -2.35. The molecule has 0 atom stereocenters. The molecule has 0 radical (unpaired) electrons. The van der Waals surface area contributed by atoms with Crippen LogP contribution in [0.15, 0.2) is 18.2 Å². The summed E-state index contributed by atoms with van der Waals surface area (Å²) in [6.45, 7) is 6.22. The fourth-order valence-electron chi connectivity index (χ4n) is 2.26. The Balaban J connectivity index is 2.15. The first kappa shape index (κ1) is 10.5. The average Bonchev–Trinajstić information content (AvgIpc) is 2.17. The Kier molecular flexibility index (Phi) is 2.96. The largest absolute Gasteiger partial charge is 0.393 e. The molecule has 0 amide bonds. The molecular weight excluding hydrogens is 186 g/mol. The Morgan fingerprint density at radius 3 is 2.13 bits per heavy atom. The molecule has 1 heterocycles. The van der Waals surface area contributed by atoms with Gasteiger partial charge in [0, 0.05) is 18.8 Å². The number of aliphatic hydroxyl groups excluding tert-OH is 1. The zero-order valence-electron chi connectivity index (χ0n) is 9.53. The Hall–Kier alpha value is -1.02. The van der Waals surface area contributed by atoms with Crippen LogP contribution in [0, 0.1) is 13.8 Å². The highest BCUT2D eigenvalue weighted by Gasteiger charge is 2.17. The fraction of sp³-hybridized carbons (Fsp3) is 0.538. The van der Waals surface area contributed by atoms with E-state index in [1.54, 1.807) is 0 Å². The van der Waals surface area contributed by atoms with Gasteiger partial charge in [-0.1, -0.05) is 6.07 Å². The molecule has 1 fully saturated rings. The van der Waals surface area contributed by atoms with Crippen molar-refractivity contribution in [3.8, 4) is 0 Å². The third-order valence-electron chi connectivity index (χ3n) is 3.04. The van der Waals surface area contributed by atoms with Gasteiger partial charge in [0.05, 0.1) is 6.10 Å². The van der Waals surface area contributed by atoms with Crippen LogP contribution in [0.5, 0.6) is 0 Å². The van der Waals surface area contributed by atoms with Crippen molar-refractivity contribution in [2.24, 2.45) is 0 Å². The van der Waals surface area contributed by atoms with Crippen molar-refractivity contribution in [3.63, 3.8) is 0 Å².